The number of rotatable bonds is 3. The van der Waals surface area contributed by atoms with Crippen LogP contribution >= 0.6 is 0 Å². The number of nitrogens with one attached hydrogen (secondary N) is 1. The number of nitrogens with two attached hydrogens (primary N) is 1. The lowest BCUT2D eigenvalue weighted by Crippen LogP contribution is -2.24. The molecule has 1 amide bonds. The Bertz CT molecular complexity index is 648. The molecule has 1 aromatic carbocycles. The Balaban J connectivity index is 2.13. The molecule has 0 aliphatic carbocycles. The molecule has 0 unspecified atom stereocenters. The number of halogens is 2. The molecule has 0 bridgehead atoms. The van der Waals surface area contributed by atoms with Crippen LogP contribution in [0.2, 0.25) is 0 Å². The maximum Gasteiger partial charge on any atom is 0.254 e. The Morgan fingerprint density at radius 2 is 2.10 bits per heavy atom. The van der Waals surface area contributed by atoms with Gasteiger partial charge in [-0.2, -0.15) is 0 Å². The molecule has 1 heterocycles. The topological polar surface area (TPSA) is 81.2 Å². The van der Waals surface area contributed by atoms with E-state index in [9.17, 15) is 13.6 Å². The van der Waals surface area contributed by atoms with Crippen molar-refractivity contribution in [2.75, 3.05) is 5.73 Å². The second kappa shape index (κ2) is 5.28. The van der Waals surface area contributed by atoms with Crippen LogP contribution in [0, 0.1) is 25.5 Å². The van der Waals surface area contributed by atoms with Gasteiger partial charge >= 0.3 is 0 Å². The van der Waals surface area contributed by atoms with Crippen molar-refractivity contribution in [3.8, 4) is 0 Å². The van der Waals surface area contributed by atoms with Crippen molar-refractivity contribution in [2.24, 2.45) is 0 Å². The molecule has 1 aromatic heterocycles. The van der Waals surface area contributed by atoms with E-state index in [2.05, 4.69) is 10.3 Å². The van der Waals surface area contributed by atoms with Crippen molar-refractivity contribution in [1.29, 1.82) is 0 Å². The fourth-order valence-corrected chi connectivity index (χ4v) is 1.64. The zero-order valence-corrected chi connectivity index (χ0v) is 11.0. The van der Waals surface area contributed by atoms with Gasteiger partial charge in [-0.25, -0.2) is 13.8 Å². The number of hydrogen-bond acceptors (Lipinski definition) is 4. The maximum atomic E-state index is 13.6. The van der Waals surface area contributed by atoms with Crippen molar-refractivity contribution in [3.63, 3.8) is 0 Å². The van der Waals surface area contributed by atoms with Crippen LogP contribution in [-0.2, 0) is 6.54 Å². The summed E-state index contributed by atoms with van der Waals surface area (Å²) < 4.78 is 32.0. The average molecular weight is 281 g/mol. The predicted octanol–water partition coefficient (Wildman–Crippen LogP) is 2.08. The van der Waals surface area contributed by atoms with Gasteiger partial charge in [0.25, 0.3) is 5.91 Å². The largest absolute Gasteiger partial charge is 0.444 e. The number of nitrogen functional groups attached to an aromatic ring is 1. The molecule has 2 aromatic rings. The summed E-state index contributed by atoms with van der Waals surface area (Å²) in [5.41, 5.74) is 5.09. The van der Waals surface area contributed by atoms with Crippen LogP contribution in [0.15, 0.2) is 16.5 Å². The highest BCUT2D eigenvalue weighted by atomic mass is 19.1. The summed E-state index contributed by atoms with van der Waals surface area (Å²) in [5.74, 6) is -1.60. The van der Waals surface area contributed by atoms with E-state index < -0.39 is 28.8 Å². The van der Waals surface area contributed by atoms with Crippen LogP contribution < -0.4 is 11.1 Å². The Labute approximate surface area is 113 Å². The van der Waals surface area contributed by atoms with Crippen LogP contribution in [0.1, 0.15) is 27.7 Å². The van der Waals surface area contributed by atoms with E-state index in [1.165, 1.54) is 0 Å². The number of benzene rings is 1. The van der Waals surface area contributed by atoms with Crippen LogP contribution in [0.25, 0.3) is 0 Å². The van der Waals surface area contributed by atoms with Gasteiger partial charge in [0, 0.05) is 0 Å². The molecule has 0 saturated heterocycles. The van der Waals surface area contributed by atoms with Crippen molar-refractivity contribution < 1.29 is 18.0 Å². The molecule has 0 atom stereocenters. The first-order valence-corrected chi connectivity index (χ1v) is 5.84. The van der Waals surface area contributed by atoms with E-state index in [4.69, 9.17) is 10.2 Å². The van der Waals surface area contributed by atoms with Gasteiger partial charge in [-0.15, -0.1) is 0 Å². The summed E-state index contributed by atoms with van der Waals surface area (Å²) in [6, 6.07) is 1.60. The lowest BCUT2D eigenvalue weighted by molar-refractivity contribution is 0.0942. The number of aromatic nitrogens is 1. The van der Waals surface area contributed by atoms with Gasteiger partial charge in [-0.3, -0.25) is 4.79 Å². The molecule has 106 valence electrons. The first-order chi connectivity index (χ1) is 9.38. The molecule has 3 N–H and O–H groups in total. The monoisotopic (exact) mass is 281 g/mol. The van der Waals surface area contributed by atoms with Gasteiger partial charge in [-0.05, 0) is 26.0 Å². The number of amides is 1. The molecule has 2 rings (SSSR count). The van der Waals surface area contributed by atoms with Gasteiger partial charge in [-0.1, -0.05) is 0 Å². The molecule has 7 heteroatoms. The summed E-state index contributed by atoms with van der Waals surface area (Å²) in [7, 11) is 0. The Hall–Kier alpha value is -2.44. The molecule has 0 saturated carbocycles. The smallest absolute Gasteiger partial charge is 0.254 e. The molecular weight excluding hydrogens is 268 g/mol. The van der Waals surface area contributed by atoms with Gasteiger partial charge in [0.1, 0.15) is 11.6 Å². The first-order valence-electron chi connectivity index (χ1n) is 5.84. The molecule has 20 heavy (non-hydrogen) atoms. The fourth-order valence-electron chi connectivity index (χ4n) is 1.64. The summed E-state index contributed by atoms with van der Waals surface area (Å²) in [6.45, 7) is 3.47. The number of hydrogen-bond donors (Lipinski definition) is 2. The quantitative estimate of drug-likeness (QED) is 0.844. The first kappa shape index (κ1) is 14.0. The van der Waals surface area contributed by atoms with E-state index in [-0.39, 0.29) is 12.4 Å². The van der Waals surface area contributed by atoms with E-state index in [0.29, 0.717) is 11.5 Å². The molecule has 0 aliphatic heterocycles. The number of oxazole rings is 1. The number of anilines is 1. The van der Waals surface area contributed by atoms with Crippen molar-refractivity contribution >= 4 is 11.6 Å². The molecule has 0 spiro atoms. The Kier molecular flexibility index (Phi) is 3.69. The van der Waals surface area contributed by atoms with Crippen LogP contribution in [0.3, 0.4) is 0 Å². The SMILES string of the molecule is Cc1nc(CNC(=O)c2cc(F)cc(N)c2F)oc1C. The molecule has 0 aliphatic rings. The molecule has 5 nitrogen and oxygen atoms in total. The second-order valence-corrected chi connectivity index (χ2v) is 4.29. The van der Waals surface area contributed by atoms with Crippen LogP contribution in [0.4, 0.5) is 14.5 Å². The zero-order valence-electron chi connectivity index (χ0n) is 11.0. The third-order valence-corrected chi connectivity index (χ3v) is 2.78. The lowest BCUT2D eigenvalue weighted by Gasteiger charge is -2.06. The third kappa shape index (κ3) is 2.76. The second-order valence-electron chi connectivity index (χ2n) is 4.29. The maximum absolute atomic E-state index is 13.6. The standard InChI is InChI=1S/C13H13F2N3O2/c1-6-7(2)20-11(18-6)5-17-13(19)9-3-8(14)4-10(16)12(9)15/h3-4H,5,16H2,1-2H3,(H,17,19). The summed E-state index contributed by atoms with van der Waals surface area (Å²) >= 11 is 0. The number of carbonyl (C=O) groups excluding carboxylic acids is 1. The van der Waals surface area contributed by atoms with E-state index >= 15 is 0 Å². The van der Waals surface area contributed by atoms with Gasteiger partial charge in [0.05, 0.1) is 23.5 Å². The summed E-state index contributed by atoms with van der Waals surface area (Å²) in [4.78, 5) is 15.9. The summed E-state index contributed by atoms with van der Waals surface area (Å²) in [6.07, 6.45) is 0. The fraction of sp³-hybridized carbons (Fsp3) is 0.231. The Morgan fingerprint density at radius 1 is 1.40 bits per heavy atom. The molecular formula is C13H13F2N3O2. The minimum atomic E-state index is -0.955. The van der Waals surface area contributed by atoms with E-state index in [1.54, 1.807) is 13.8 Å². The predicted molar refractivity (Wildman–Crippen MR) is 67.9 cm³/mol. The number of nitrogens with zero attached hydrogens (tertiary/aromatic N) is 1. The van der Waals surface area contributed by atoms with E-state index in [1.807, 2.05) is 0 Å². The highest BCUT2D eigenvalue weighted by molar-refractivity contribution is 5.95. The molecule has 0 fully saturated rings. The van der Waals surface area contributed by atoms with Crippen molar-refractivity contribution in [3.05, 3.63) is 46.7 Å². The summed E-state index contributed by atoms with van der Waals surface area (Å²) in [5, 5.41) is 2.39. The van der Waals surface area contributed by atoms with Crippen LogP contribution in [-0.4, -0.2) is 10.9 Å². The normalized spacial score (nSPS) is 10.6. The van der Waals surface area contributed by atoms with E-state index in [0.717, 1.165) is 12.1 Å². The zero-order chi connectivity index (χ0) is 14.9. The van der Waals surface area contributed by atoms with Crippen molar-refractivity contribution in [2.45, 2.75) is 20.4 Å². The lowest BCUT2D eigenvalue weighted by atomic mass is 10.1. The highest BCUT2D eigenvalue weighted by Crippen LogP contribution is 2.17. The Morgan fingerprint density at radius 3 is 2.70 bits per heavy atom. The minimum Gasteiger partial charge on any atom is -0.444 e. The molecule has 0 radical (unpaired) electrons. The van der Waals surface area contributed by atoms with Gasteiger partial charge < -0.3 is 15.5 Å². The minimum absolute atomic E-state index is 0.0244. The third-order valence-electron chi connectivity index (χ3n) is 2.78. The average Bonchev–Trinajstić information content (AvgIpc) is 2.70. The van der Waals surface area contributed by atoms with Gasteiger partial charge in [0.15, 0.2) is 5.82 Å². The van der Waals surface area contributed by atoms with Crippen LogP contribution in [0.5, 0.6) is 0 Å². The van der Waals surface area contributed by atoms with Crippen molar-refractivity contribution in [1.82, 2.24) is 10.3 Å². The number of carbonyl (C=O) groups is 1. The highest BCUT2D eigenvalue weighted by Gasteiger charge is 2.16. The number of aryl methyl sites for hydroxylation is 2. The van der Waals surface area contributed by atoms with Gasteiger partial charge in [0.2, 0.25) is 5.89 Å².